The summed E-state index contributed by atoms with van der Waals surface area (Å²) in [5.74, 6) is 0.853. The van der Waals surface area contributed by atoms with Crippen molar-refractivity contribution in [1.29, 1.82) is 5.26 Å². The summed E-state index contributed by atoms with van der Waals surface area (Å²) in [6, 6.07) is 25.9. The number of carbonyl (C=O) groups is 1. The van der Waals surface area contributed by atoms with E-state index in [1.165, 1.54) is 28.3 Å². The van der Waals surface area contributed by atoms with E-state index in [0.717, 1.165) is 48.6 Å². The summed E-state index contributed by atoms with van der Waals surface area (Å²) in [7, 11) is 2.15. The van der Waals surface area contributed by atoms with Gasteiger partial charge in [-0.15, -0.1) is 0 Å². The van der Waals surface area contributed by atoms with Crippen LogP contribution in [0.2, 0.25) is 0 Å². The number of nitrogens with zero attached hydrogens (tertiary/aromatic N) is 7. The van der Waals surface area contributed by atoms with Crippen molar-refractivity contribution >= 4 is 22.7 Å². The van der Waals surface area contributed by atoms with E-state index in [4.69, 9.17) is 19.4 Å². The highest BCUT2D eigenvalue weighted by atomic mass is 16.6. The highest BCUT2D eigenvalue weighted by Crippen LogP contribution is 2.44. The Morgan fingerprint density at radius 3 is 2.65 bits per heavy atom. The molecule has 4 aliphatic rings. The number of nitriles is 1. The van der Waals surface area contributed by atoms with E-state index in [1.807, 2.05) is 30.3 Å². The van der Waals surface area contributed by atoms with Crippen LogP contribution in [0.4, 0.5) is 10.6 Å². The smallest absolute Gasteiger partial charge is 0.410 e. The van der Waals surface area contributed by atoms with Crippen molar-refractivity contribution in [1.82, 2.24) is 24.7 Å². The summed E-state index contributed by atoms with van der Waals surface area (Å²) >= 11 is 0. The van der Waals surface area contributed by atoms with E-state index in [9.17, 15) is 10.1 Å². The molecule has 0 saturated carbocycles. The lowest BCUT2D eigenvalue weighted by atomic mass is 10.0. The van der Waals surface area contributed by atoms with Crippen molar-refractivity contribution < 1.29 is 14.3 Å². The van der Waals surface area contributed by atoms with Crippen LogP contribution in [0.3, 0.4) is 0 Å². The first-order chi connectivity index (χ1) is 23.6. The zero-order valence-corrected chi connectivity index (χ0v) is 27.4. The molecule has 0 bridgehead atoms. The quantitative estimate of drug-likeness (QED) is 0.248. The van der Waals surface area contributed by atoms with Gasteiger partial charge in [-0.2, -0.15) is 15.2 Å². The third-order valence-electron chi connectivity index (χ3n) is 10.6. The second kappa shape index (κ2) is 13.1. The maximum absolute atomic E-state index is 13.3. The van der Waals surface area contributed by atoms with Gasteiger partial charge in [-0.25, -0.2) is 4.79 Å². The molecule has 3 aliphatic heterocycles. The molecule has 1 amide bonds. The summed E-state index contributed by atoms with van der Waals surface area (Å²) in [6.45, 7) is 4.77. The van der Waals surface area contributed by atoms with Crippen molar-refractivity contribution in [2.75, 3.05) is 44.7 Å². The standard InChI is InChI=1S/C38H41N7O3/c1-42-17-7-13-30(42)25-47-37-40-33-23-44(34-20-28-12-5-10-27-11-6-14-31(34)35(27)28)22-32(33)36(41-37)43-18-19-45(29(21-43)15-16-39)38(46)48-24-26-8-3-2-4-9-26/h2-6,8-12,14,29-30,34H,7,13,15,17-25H2,1H3/t29-,30-,34?/m0/s1. The minimum Gasteiger partial charge on any atom is -0.462 e. The van der Waals surface area contributed by atoms with Gasteiger partial charge in [0.15, 0.2) is 0 Å². The highest BCUT2D eigenvalue weighted by Gasteiger charge is 2.38. The Hall–Kier alpha value is -4.72. The topological polar surface area (TPSA) is 98.1 Å². The molecular weight excluding hydrogens is 602 g/mol. The van der Waals surface area contributed by atoms with Crippen molar-refractivity contribution in [3.63, 3.8) is 0 Å². The summed E-state index contributed by atoms with van der Waals surface area (Å²) in [6.07, 6.45) is 3.06. The lowest BCUT2D eigenvalue weighted by Crippen LogP contribution is -2.55. The number of fused-ring (bicyclic) bond motifs is 1. The maximum atomic E-state index is 13.3. The Balaban J connectivity index is 1.05. The SMILES string of the molecule is CN1CCC[C@H]1COc1nc2c(c(N3CCN(C(=O)OCc4ccccc4)[C@@H](CC#N)C3)n1)CN(C1Cc3cccc4cccc1c34)C2. The summed E-state index contributed by atoms with van der Waals surface area (Å²) in [5, 5.41) is 12.4. The molecule has 0 spiro atoms. The van der Waals surface area contributed by atoms with Crippen LogP contribution in [-0.2, 0) is 30.9 Å². The number of hydrogen-bond donors (Lipinski definition) is 0. The first kappa shape index (κ1) is 30.6. The van der Waals surface area contributed by atoms with Gasteiger partial charge >= 0.3 is 12.1 Å². The second-order valence-electron chi connectivity index (χ2n) is 13.5. The van der Waals surface area contributed by atoms with Gasteiger partial charge in [-0.05, 0) is 60.3 Å². The summed E-state index contributed by atoms with van der Waals surface area (Å²) in [5.41, 5.74) is 5.82. The van der Waals surface area contributed by atoms with Crippen LogP contribution < -0.4 is 9.64 Å². The number of likely N-dealkylation sites (tertiary alicyclic amines) is 1. The Morgan fingerprint density at radius 1 is 0.979 bits per heavy atom. The molecule has 10 nitrogen and oxygen atoms in total. The zero-order chi connectivity index (χ0) is 32.6. The van der Waals surface area contributed by atoms with Gasteiger partial charge in [0, 0.05) is 50.4 Å². The summed E-state index contributed by atoms with van der Waals surface area (Å²) in [4.78, 5) is 32.1. The number of aromatic nitrogens is 2. The molecule has 1 aliphatic carbocycles. The number of anilines is 1. The van der Waals surface area contributed by atoms with Gasteiger partial charge in [0.05, 0.1) is 24.2 Å². The third-order valence-corrected chi connectivity index (χ3v) is 10.6. The number of hydrogen-bond acceptors (Lipinski definition) is 9. The molecule has 2 fully saturated rings. The third kappa shape index (κ3) is 5.82. The first-order valence-electron chi connectivity index (χ1n) is 17.1. The molecule has 10 heteroatoms. The fraction of sp³-hybridized carbons (Fsp3) is 0.421. The molecule has 1 aromatic heterocycles. The van der Waals surface area contributed by atoms with E-state index >= 15 is 0 Å². The normalized spacial score (nSPS) is 22.2. The zero-order valence-electron chi connectivity index (χ0n) is 27.4. The summed E-state index contributed by atoms with van der Waals surface area (Å²) < 4.78 is 12.0. The molecule has 48 heavy (non-hydrogen) atoms. The number of rotatable bonds is 8. The number of amides is 1. The van der Waals surface area contributed by atoms with E-state index in [0.29, 0.717) is 44.8 Å². The molecule has 0 radical (unpaired) electrons. The molecule has 4 aromatic rings. The Bertz CT molecular complexity index is 1860. The lowest BCUT2D eigenvalue weighted by Gasteiger charge is -2.41. The average molecular weight is 644 g/mol. The fourth-order valence-corrected chi connectivity index (χ4v) is 8.06. The fourth-order valence-electron chi connectivity index (χ4n) is 8.06. The Morgan fingerprint density at radius 2 is 1.83 bits per heavy atom. The van der Waals surface area contributed by atoms with Crippen molar-refractivity contribution in [3.8, 4) is 12.1 Å². The molecule has 0 N–H and O–H groups in total. The van der Waals surface area contributed by atoms with E-state index in [2.05, 4.69) is 64.2 Å². The van der Waals surface area contributed by atoms with Gasteiger partial charge in [0.25, 0.3) is 0 Å². The van der Waals surface area contributed by atoms with Gasteiger partial charge in [-0.1, -0.05) is 66.7 Å². The first-order valence-corrected chi connectivity index (χ1v) is 17.1. The van der Waals surface area contributed by atoms with Crippen LogP contribution in [0.5, 0.6) is 6.01 Å². The predicted octanol–water partition coefficient (Wildman–Crippen LogP) is 5.46. The van der Waals surface area contributed by atoms with E-state index in [-0.39, 0.29) is 25.1 Å². The molecule has 1 unspecified atom stereocenters. The molecule has 4 heterocycles. The molecule has 3 atom stereocenters. The predicted molar refractivity (Wildman–Crippen MR) is 182 cm³/mol. The molecular formula is C38H41N7O3. The van der Waals surface area contributed by atoms with Gasteiger partial charge < -0.3 is 24.2 Å². The van der Waals surface area contributed by atoms with E-state index < -0.39 is 6.09 Å². The Kier molecular flexibility index (Phi) is 8.33. The van der Waals surface area contributed by atoms with Gasteiger partial charge in [-0.3, -0.25) is 4.90 Å². The number of likely N-dealkylation sites (N-methyl/N-ethyl adjacent to an activating group) is 1. The van der Waals surface area contributed by atoms with Crippen LogP contribution >= 0.6 is 0 Å². The van der Waals surface area contributed by atoms with Crippen molar-refractivity contribution in [3.05, 3.63) is 94.7 Å². The van der Waals surface area contributed by atoms with Crippen LogP contribution in [-0.4, -0.2) is 82.7 Å². The van der Waals surface area contributed by atoms with Crippen molar-refractivity contribution in [2.24, 2.45) is 0 Å². The second-order valence-corrected chi connectivity index (χ2v) is 13.5. The number of carbonyl (C=O) groups excluding carboxylic acids is 1. The minimum absolute atomic E-state index is 0.198. The molecule has 3 aromatic carbocycles. The number of piperazine rings is 1. The van der Waals surface area contributed by atoms with Crippen LogP contribution in [0.25, 0.3) is 10.8 Å². The van der Waals surface area contributed by atoms with Crippen LogP contribution in [0.1, 0.15) is 53.3 Å². The van der Waals surface area contributed by atoms with Gasteiger partial charge in [0.2, 0.25) is 0 Å². The minimum atomic E-state index is -0.391. The van der Waals surface area contributed by atoms with E-state index in [1.54, 1.807) is 4.90 Å². The van der Waals surface area contributed by atoms with Crippen LogP contribution in [0.15, 0.2) is 66.7 Å². The molecule has 246 valence electrons. The molecule has 2 saturated heterocycles. The monoisotopic (exact) mass is 643 g/mol. The highest BCUT2D eigenvalue weighted by molar-refractivity contribution is 5.91. The Labute approximate surface area is 281 Å². The maximum Gasteiger partial charge on any atom is 0.410 e. The van der Waals surface area contributed by atoms with Gasteiger partial charge in [0.1, 0.15) is 19.0 Å². The van der Waals surface area contributed by atoms with Crippen LogP contribution in [0, 0.1) is 11.3 Å². The number of benzene rings is 3. The average Bonchev–Trinajstić information content (AvgIpc) is 3.84. The lowest BCUT2D eigenvalue weighted by molar-refractivity contribution is 0.0767. The largest absolute Gasteiger partial charge is 0.462 e. The molecule has 8 rings (SSSR count). The number of ether oxygens (including phenoxy) is 2. The van der Waals surface area contributed by atoms with Crippen molar-refractivity contribution in [2.45, 2.75) is 63.5 Å².